The van der Waals surface area contributed by atoms with Gasteiger partial charge in [0.1, 0.15) is 23.2 Å². The zero-order valence-electron chi connectivity index (χ0n) is 15.7. The predicted octanol–water partition coefficient (Wildman–Crippen LogP) is 3.65. The predicted molar refractivity (Wildman–Crippen MR) is 99.3 cm³/mol. The van der Waals surface area contributed by atoms with Crippen LogP contribution in [0.5, 0.6) is 5.75 Å². The van der Waals surface area contributed by atoms with Crippen LogP contribution in [-0.4, -0.2) is 18.7 Å². The molecule has 0 bridgehead atoms. The van der Waals surface area contributed by atoms with Crippen LogP contribution in [0.2, 0.25) is 0 Å². The third-order valence-electron chi connectivity index (χ3n) is 4.93. The quantitative estimate of drug-likeness (QED) is 0.797. The van der Waals surface area contributed by atoms with E-state index in [-0.39, 0.29) is 29.7 Å². The van der Waals surface area contributed by atoms with Gasteiger partial charge in [-0.05, 0) is 45.6 Å². The van der Waals surface area contributed by atoms with Crippen LogP contribution in [-0.2, 0) is 14.3 Å². The van der Waals surface area contributed by atoms with Gasteiger partial charge in [-0.2, -0.15) is 5.26 Å². The largest absolute Gasteiger partial charge is 0.490 e. The van der Waals surface area contributed by atoms with Crippen molar-refractivity contribution in [2.45, 2.75) is 51.6 Å². The van der Waals surface area contributed by atoms with Crippen LogP contribution in [0.1, 0.15) is 51.0 Å². The maximum Gasteiger partial charge on any atom is 0.338 e. The molecule has 1 saturated carbocycles. The Kier molecular flexibility index (Phi) is 5.70. The number of esters is 1. The lowest BCUT2D eigenvalue weighted by atomic mass is 9.82. The molecule has 0 aromatic heterocycles. The second kappa shape index (κ2) is 8.17. The highest BCUT2D eigenvalue weighted by Gasteiger charge is 2.38. The molecule has 6 heteroatoms. The number of ether oxygens (including phenoxy) is 3. The Balaban J connectivity index is 2.08. The Morgan fingerprint density at radius 1 is 1.33 bits per heavy atom. The lowest BCUT2D eigenvalue weighted by Gasteiger charge is -2.28. The van der Waals surface area contributed by atoms with E-state index in [1.807, 2.05) is 24.3 Å². The number of rotatable bonds is 5. The number of carbonyl (C=O) groups is 1. The summed E-state index contributed by atoms with van der Waals surface area (Å²) in [5.41, 5.74) is 7.15. The Labute approximate surface area is 159 Å². The molecule has 142 valence electrons. The molecule has 1 fully saturated rings. The molecular formula is C21H24N2O4. The molecule has 0 radical (unpaired) electrons. The molecule has 3 rings (SSSR count). The average molecular weight is 368 g/mol. The van der Waals surface area contributed by atoms with Crippen LogP contribution >= 0.6 is 0 Å². The number of nitrogens with two attached hydrogens (primary N) is 1. The lowest BCUT2D eigenvalue weighted by Crippen LogP contribution is -2.26. The van der Waals surface area contributed by atoms with Crippen LogP contribution in [0.25, 0.3) is 0 Å². The summed E-state index contributed by atoms with van der Waals surface area (Å²) >= 11 is 0. The molecular weight excluding hydrogens is 344 g/mol. The van der Waals surface area contributed by atoms with Crippen molar-refractivity contribution in [1.29, 1.82) is 5.26 Å². The van der Waals surface area contributed by atoms with E-state index in [1.165, 1.54) is 0 Å². The van der Waals surface area contributed by atoms with Crippen LogP contribution in [0.4, 0.5) is 0 Å². The number of hydrogen-bond donors (Lipinski definition) is 1. The summed E-state index contributed by atoms with van der Waals surface area (Å²) in [7, 11) is 0. The zero-order chi connectivity index (χ0) is 19.4. The Morgan fingerprint density at radius 3 is 2.70 bits per heavy atom. The molecule has 1 heterocycles. The highest BCUT2D eigenvalue weighted by molar-refractivity contribution is 5.92. The minimum atomic E-state index is -0.680. The van der Waals surface area contributed by atoms with Crippen LogP contribution in [0, 0.1) is 11.3 Å². The highest BCUT2D eigenvalue weighted by atomic mass is 16.5. The van der Waals surface area contributed by atoms with Crippen molar-refractivity contribution in [1.82, 2.24) is 0 Å². The third kappa shape index (κ3) is 3.77. The number of benzene rings is 1. The van der Waals surface area contributed by atoms with E-state index in [9.17, 15) is 10.1 Å². The fourth-order valence-electron chi connectivity index (χ4n) is 3.68. The fraction of sp³-hybridized carbons (Fsp3) is 0.429. The molecule has 0 saturated heterocycles. The molecule has 1 aromatic carbocycles. The van der Waals surface area contributed by atoms with Crippen molar-refractivity contribution in [3.63, 3.8) is 0 Å². The monoisotopic (exact) mass is 368 g/mol. The molecule has 0 amide bonds. The Hall–Kier alpha value is -2.94. The van der Waals surface area contributed by atoms with Gasteiger partial charge in [-0.15, -0.1) is 0 Å². The van der Waals surface area contributed by atoms with Gasteiger partial charge in [-0.1, -0.05) is 18.2 Å². The van der Waals surface area contributed by atoms with E-state index in [0.29, 0.717) is 11.5 Å². The molecule has 2 N–H and O–H groups in total. The van der Waals surface area contributed by atoms with Crippen LogP contribution in [0.15, 0.2) is 47.1 Å². The van der Waals surface area contributed by atoms with Gasteiger partial charge in [0.15, 0.2) is 0 Å². The second-order valence-corrected chi connectivity index (χ2v) is 6.68. The molecule has 27 heavy (non-hydrogen) atoms. The van der Waals surface area contributed by atoms with Gasteiger partial charge in [-0.3, -0.25) is 0 Å². The van der Waals surface area contributed by atoms with Gasteiger partial charge in [0.2, 0.25) is 5.88 Å². The molecule has 0 spiro atoms. The Morgan fingerprint density at radius 2 is 2.04 bits per heavy atom. The minimum absolute atomic E-state index is 0.00344. The summed E-state index contributed by atoms with van der Waals surface area (Å²) in [4.78, 5) is 12.6. The number of para-hydroxylation sites is 1. The Bertz CT molecular complexity index is 829. The van der Waals surface area contributed by atoms with Crippen LogP contribution in [0.3, 0.4) is 0 Å². The van der Waals surface area contributed by atoms with Crippen LogP contribution < -0.4 is 10.5 Å². The number of allylic oxidation sites excluding steroid dienone is 2. The van der Waals surface area contributed by atoms with E-state index >= 15 is 0 Å². The number of hydrogen-bond acceptors (Lipinski definition) is 6. The minimum Gasteiger partial charge on any atom is -0.490 e. The summed E-state index contributed by atoms with van der Waals surface area (Å²) in [6.07, 6.45) is 4.45. The summed E-state index contributed by atoms with van der Waals surface area (Å²) < 4.78 is 16.9. The summed E-state index contributed by atoms with van der Waals surface area (Å²) in [5.74, 6) is -0.197. The van der Waals surface area contributed by atoms with Gasteiger partial charge in [0.25, 0.3) is 0 Å². The average Bonchev–Trinajstić information content (AvgIpc) is 3.15. The molecule has 1 unspecified atom stereocenters. The maximum absolute atomic E-state index is 12.6. The molecule has 1 aliphatic carbocycles. The fourth-order valence-corrected chi connectivity index (χ4v) is 3.68. The van der Waals surface area contributed by atoms with Crippen molar-refractivity contribution in [2.24, 2.45) is 5.73 Å². The van der Waals surface area contributed by atoms with Crippen molar-refractivity contribution in [3.05, 3.63) is 52.6 Å². The molecule has 1 aromatic rings. The number of nitriles is 1. The topological polar surface area (TPSA) is 94.6 Å². The van der Waals surface area contributed by atoms with E-state index in [2.05, 4.69) is 6.07 Å². The summed E-state index contributed by atoms with van der Waals surface area (Å²) in [6.45, 7) is 3.61. The van der Waals surface area contributed by atoms with Crippen molar-refractivity contribution >= 4 is 5.97 Å². The smallest absolute Gasteiger partial charge is 0.338 e. The van der Waals surface area contributed by atoms with E-state index in [1.54, 1.807) is 13.8 Å². The molecule has 1 atom stereocenters. The highest BCUT2D eigenvalue weighted by Crippen LogP contribution is 2.43. The van der Waals surface area contributed by atoms with E-state index < -0.39 is 11.9 Å². The first-order valence-corrected chi connectivity index (χ1v) is 9.27. The van der Waals surface area contributed by atoms with Crippen molar-refractivity contribution < 1.29 is 19.0 Å². The maximum atomic E-state index is 12.6. The third-order valence-corrected chi connectivity index (χ3v) is 4.93. The number of nitrogens with zero attached hydrogens (tertiary/aromatic N) is 1. The van der Waals surface area contributed by atoms with Gasteiger partial charge in [-0.25, -0.2) is 4.79 Å². The van der Waals surface area contributed by atoms with Crippen molar-refractivity contribution in [3.8, 4) is 11.8 Å². The SMILES string of the molecule is CCOC(=O)C1=C(C)OC(N)=C(C#N)C1c1ccccc1OC1CCCC1. The molecule has 6 nitrogen and oxygen atoms in total. The first-order chi connectivity index (χ1) is 13.1. The van der Waals surface area contributed by atoms with Gasteiger partial charge in [0.05, 0.1) is 24.2 Å². The first kappa shape index (κ1) is 18.8. The normalized spacial score (nSPS) is 20.3. The summed E-state index contributed by atoms with van der Waals surface area (Å²) in [6, 6.07) is 9.57. The van der Waals surface area contributed by atoms with E-state index in [4.69, 9.17) is 19.9 Å². The van der Waals surface area contributed by atoms with Gasteiger partial charge in [0, 0.05) is 5.56 Å². The molecule has 1 aliphatic heterocycles. The zero-order valence-corrected chi connectivity index (χ0v) is 15.7. The lowest BCUT2D eigenvalue weighted by molar-refractivity contribution is -0.139. The van der Waals surface area contributed by atoms with Gasteiger partial charge < -0.3 is 19.9 Å². The summed E-state index contributed by atoms with van der Waals surface area (Å²) in [5, 5.41) is 9.70. The standard InChI is InChI=1S/C21H24N2O4/c1-3-25-21(24)18-13(2)26-20(23)16(12-22)19(18)15-10-6-7-11-17(15)27-14-8-4-5-9-14/h6-7,10-11,14,19H,3-5,8-9,23H2,1-2H3. The van der Waals surface area contributed by atoms with E-state index in [0.717, 1.165) is 31.2 Å². The second-order valence-electron chi connectivity index (χ2n) is 6.68. The number of carbonyl (C=O) groups excluding carboxylic acids is 1. The first-order valence-electron chi connectivity index (χ1n) is 9.27. The van der Waals surface area contributed by atoms with Gasteiger partial charge >= 0.3 is 5.97 Å². The molecule has 2 aliphatic rings. The van der Waals surface area contributed by atoms with Crippen molar-refractivity contribution in [2.75, 3.05) is 6.61 Å².